The Balaban J connectivity index is 1.74. The number of thiophene rings is 1. The second-order valence-electron chi connectivity index (χ2n) is 5.07. The van der Waals surface area contributed by atoms with E-state index in [1.165, 1.54) is 11.3 Å². The van der Waals surface area contributed by atoms with Gasteiger partial charge in [-0.2, -0.15) is 5.10 Å². The van der Waals surface area contributed by atoms with Crippen molar-refractivity contribution in [3.8, 4) is 5.75 Å². The largest absolute Gasteiger partial charge is 0.497 e. The number of amides is 1. The second kappa shape index (κ2) is 5.81. The molecule has 0 unspecified atom stereocenters. The summed E-state index contributed by atoms with van der Waals surface area (Å²) in [6, 6.07) is 9.58. The van der Waals surface area contributed by atoms with Crippen molar-refractivity contribution < 1.29 is 9.53 Å². The van der Waals surface area contributed by atoms with Crippen molar-refractivity contribution >= 4 is 27.5 Å². The van der Waals surface area contributed by atoms with E-state index in [0.717, 1.165) is 27.2 Å². The fourth-order valence-corrected chi connectivity index (χ4v) is 3.41. The Morgan fingerprint density at radius 3 is 2.95 bits per heavy atom. The van der Waals surface area contributed by atoms with Gasteiger partial charge in [-0.3, -0.25) is 9.48 Å². The fourth-order valence-electron chi connectivity index (χ4n) is 2.37. The third-order valence-corrected chi connectivity index (χ3v) is 4.71. The highest BCUT2D eigenvalue weighted by molar-refractivity contribution is 7.20. The Bertz CT molecular complexity index is 801. The molecule has 2 heterocycles. The van der Waals surface area contributed by atoms with Gasteiger partial charge in [0.15, 0.2) is 0 Å². The normalized spacial score (nSPS) is 10.9. The number of rotatable bonds is 4. The SMILES string of the molecule is COc1cccc(CNC(=O)c2cc3c(C)nn(C)c3s2)c1. The van der Waals surface area contributed by atoms with E-state index in [1.807, 2.05) is 49.0 Å². The molecule has 0 saturated heterocycles. The minimum absolute atomic E-state index is 0.0663. The van der Waals surface area contributed by atoms with Gasteiger partial charge in [-0.25, -0.2) is 0 Å². The number of ether oxygens (including phenoxy) is 1. The number of benzene rings is 1. The number of carbonyl (C=O) groups is 1. The van der Waals surface area contributed by atoms with Crippen molar-refractivity contribution in [1.29, 1.82) is 0 Å². The molecule has 5 nitrogen and oxygen atoms in total. The van der Waals surface area contributed by atoms with Gasteiger partial charge in [0.25, 0.3) is 5.91 Å². The predicted molar refractivity (Wildman–Crippen MR) is 87.5 cm³/mol. The van der Waals surface area contributed by atoms with Crippen LogP contribution in [0.4, 0.5) is 0 Å². The third kappa shape index (κ3) is 2.69. The van der Waals surface area contributed by atoms with Crippen LogP contribution in [-0.2, 0) is 13.6 Å². The van der Waals surface area contributed by atoms with Crippen LogP contribution in [0.25, 0.3) is 10.2 Å². The summed E-state index contributed by atoms with van der Waals surface area (Å²) in [5.74, 6) is 0.721. The van der Waals surface area contributed by atoms with Gasteiger partial charge >= 0.3 is 0 Å². The molecular formula is C16H17N3O2S. The van der Waals surface area contributed by atoms with Crippen molar-refractivity contribution in [3.63, 3.8) is 0 Å². The zero-order valence-electron chi connectivity index (χ0n) is 12.7. The molecule has 0 aliphatic rings. The van der Waals surface area contributed by atoms with E-state index in [0.29, 0.717) is 11.4 Å². The molecule has 0 spiro atoms. The highest BCUT2D eigenvalue weighted by Gasteiger charge is 2.14. The van der Waals surface area contributed by atoms with Crippen molar-refractivity contribution in [1.82, 2.24) is 15.1 Å². The standard InChI is InChI=1S/C16H17N3O2S/c1-10-13-8-14(22-16(13)19(2)18-10)15(20)17-9-11-5-4-6-12(7-11)21-3/h4-8H,9H2,1-3H3,(H,17,20). The Hall–Kier alpha value is -2.34. The molecule has 114 valence electrons. The summed E-state index contributed by atoms with van der Waals surface area (Å²) in [5, 5.41) is 8.33. The molecule has 3 aromatic rings. The number of hydrogen-bond acceptors (Lipinski definition) is 4. The van der Waals surface area contributed by atoms with Crippen LogP contribution in [-0.4, -0.2) is 22.8 Å². The Kier molecular flexibility index (Phi) is 3.85. The van der Waals surface area contributed by atoms with Gasteiger partial charge in [0, 0.05) is 19.0 Å². The molecule has 0 atom stereocenters. The van der Waals surface area contributed by atoms with Crippen molar-refractivity contribution in [2.24, 2.45) is 7.05 Å². The predicted octanol–water partition coefficient (Wildman–Crippen LogP) is 2.88. The lowest BCUT2D eigenvalue weighted by Gasteiger charge is -2.05. The number of methoxy groups -OCH3 is 1. The Labute approximate surface area is 132 Å². The van der Waals surface area contributed by atoms with Crippen molar-refractivity contribution in [2.45, 2.75) is 13.5 Å². The van der Waals surface area contributed by atoms with E-state index in [4.69, 9.17) is 4.74 Å². The first-order valence-electron chi connectivity index (χ1n) is 6.92. The van der Waals surface area contributed by atoms with Crippen LogP contribution in [0.1, 0.15) is 20.9 Å². The third-order valence-electron chi connectivity index (χ3n) is 3.51. The van der Waals surface area contributed by atoms with Crippen LogP contribution < -0.4 is 10.1 Å². The molecule has 6 heteroatoms. The lowest BCUT2D eigenvalue weighted by molar-refractivity contribution is 0.0955. The lowest BCUT2D eigenvalue weighted by atomic mass is 10.2. The monoisotopic (exact) mass is 315 g/mol. The number of nitrogens with one attached hydrogen (secondary N) is 1. The molecule has 0 fully saturated rings. The van der Waals surface area contributed by atoms with Crippen LogP contribution in [0.2, 0.25) is 0 Å². The topological polar surface area (TPSA) is 56.1 Å². The van der Waals surface area contributed by atoms with E-state index in [-0.39, 0.29) is 5.91 Å². The molecule has 2 aromatic heterocycles. The molecule has 0 aliphatic carbocycles. The molecule has 1 N–H and O–H groups in total. The quantitative estimate of drug-likeness (QED) is 0.805. The molecule has 0 saturated carbocycles. The Morgan fingerprint density at radius 2 is 2.23 bits per heavy atom. The maximum Gasteiger partial charge on any atom is 0.261 e. The number of aryl methyl sites for hydroxylation is 2. The van der Waals surface area contributed by atoms with Gasteiger partial charge in [-0.05, 0) is 30.7 Å². The van der Waals surface area contributed by atoms with E-state index in [1.54, 1.807) is 7.11 Å². The summed E-state index contributed by atoms with van der Waals surface area (Å²) in [6.07, 6.45) is 0. The molecule has 1 amide bonds. The van der Waals surface area contributed by atoms with Gasteiger partial charge in [-0.1, -0.05) is 12.1 Å². The zero-order valence-corrected chi connectivity index (χ0v) is 13.5. The summed E-state index contributed by atoms with van der Waals surface area (Å²) in [5.41, 5.74) is 1.95. The first-order chi connectivity index (χ1) is 10.6. The second-order valence-corrected chi connectivity index (χ2v) is 6.10. The average Bonchev–Trinajstić information content (AvgIpc) is 3.07. The highest BCUT2D eigenvalue weighted by Crippen LogP contribution is 2.27. The minimum atomic E-state index is -0.0663. The number of fused-ring (bicyclic) bond motifs is 1. The zero-order chi connectivity index (χ0) is 15.7. The number of carbonyl (C=O) groups excluding carboxylic acids is 1. The van der Waals surface area contributed by atoms with Crippen LogP contribution >= 0.6 is 11.3 Å². The maximum absolute atomic E-state index is 12.3. The summed E-state index contributed by atoms with van der Waals surface area (Å²) in [7, 11) is 3.52. The van der Waals surface area contributed by atoms with Gasteiger partial charge in [-0.15, -0.1) is 11.3 Å². The van der Waals surface area contributed by atoms with E-state index < -0.39 is 0 Å². The van der Waals surface area contributed by atoms with E-state index in [2.05, 4.69) is 10.4 Å². The molecule has 1 aromatic carbocycles. The first-order valence-corrected chi connectivity index (χ1v) is 7.74. The van der Waals surface area contributed by atoms with Crippen LogP contribution in [0.5, 0.6) is 5.75 Å². The van der Waals surface area contributed by atoms with Gasteiger partial charge in [0.2, 0.25) is 0 Å². The smallest absolute Gasteiger partial charge is 0.261 e. The number of hydrogen-bond donors (Lipinski definition) is 1. The summed E-state index contributed by atoms with van der Waals surface area (Å²) >= 11 is 1.46. The molecule has 22 heavy (non-hydrogen) atoms. The van der Waals surface area contributed by atoms with Crippen LogP contribution in [0.3, 0.4) is 0 Å². The van der Waals surface area contributed by atoms with E-state index in [9.17, 15) is 4.79 Å². The summed E-state index contributed by atoms with van der Waals surface area (Å²) in [4.78, 5) is 14.0. The number of nitrogens with zero attached hydrogens (tertiary/aromatic N) is 2. The van der Waals surface area contributed by atoms with Crippen molar-refractivity contribution in [3.05, 3.63) is 46.5 Å². The van der Waals surface area contributed by atoms with Gasteiger partial charge in [0.05, 0.1) is 17.7 Å². The molecule has 0 radical (unpaired) electrons. The molecule has 0 bridgehead atoms. The minimum Gasteiger partial charge on any atom is -0.497 e. The first kappa shape index (κ1) is 14.6. The van der Waals surface area contributed by atoms with Gasteiger partial charge in [0.1, 0.15) is 10.6 Å². The average molecular weight is 315 g/mol. The van der Waals surface area contributed by atoms with Crippen molar-refractivity contribution in [2.75, 3.05) is 7.11 Å². The summed E-state index contributed by atoms with van der Waals surface area (Å²) in [6.45, 7) is 2.43. The lowest BCUT2D eigenvalue weighted by Crippen LogP contribution is -2.21. The van der Waals surface area contributed by atoms with Crippen LogP contribution in [0.15, 0.2) is 30.3 Å². The Morgan fingerprint density at radius 1 is 1.41 bits per heavy atom. The number of aromatic nitrogens is 2. The summed E-state index contributed by atoms with van der Waals surface area (Å²) < 4.78 is 7.00. The highest BCUT2D eigenvalue weighted by atomic mass is 32.1. The maximum atomic E-state index is 12.3. The van der Waals surface area contributed by atoms with E-state index >= 15 is 0 Å². The molecule has 0 aliphatic heterocycles. The van der Waals surface area contributed by atoms with Gasteiger partial charge < -0.3 is 10.1 Å². The van der Waals surface area contributed by atoms with Crippen LogP contribution in [0, 0.1) is 6.92 Å². The molecular weight excluding hydrogens is 298 g/mol. The fraction of sp³-hybridized carbons (Fsp3) is 0.250. The molecule has 3 rings (SSSR count).